The van der Waals surface area contributed by atoms with E-state index in [9.17, 15) is 0 Å². The third-order valence-corrected chi connectivity index (χ3v) is 1.50. The van der Waals surface area contributed by atoms with Crippen LogP contribution in [-0.4, -0.2) is 4.98 Å². The highest BCUT2D eigenvalue weighted by atomic mass is 14.7. The summed E-state index contributed by atoms with van der Waals surface area (Å²) in [5.41, 5.74) is 3.08. The Morgan fingerprint density at radius 1 is 1.00 bits per heavy atom. The summed E-state index contributed by atoms with van der Waals surface area (Å²) in [6.45, 7) is 22.6. The van der Waals surface area contributed by atoms with Crippen molar-refractivity contribution in [3.8, 4) is 0 Å². The number of hydrogen-bond acceptors (Lipinski definition) is 1. The quantitative estimate of drug-likeness (QED) is 0.591. The second kappa shape index (κ2) is 17.8. The Bertz CT molecular complexity index is 324. The van der Waals surface area contributed by atoms with Crippen molar-refractivity contribution in [2.24, 2.45) is 0 Å². The zero-order valence-electron chi connectivity index (χ0n) is 13.0. The standard InChI is InChI=1S/C10H11N.C3H6.2C2H6/c1-4-9-6-8(3)7-11-10(9)5-2;1-3-2;2*1-2/h4-7H,1-2H2,3H3;3H,1H2,2H3;2*1-2H3. The van der Waals surface area contributed by atoms with Crippen LogP contribution in [0.15, 0.2) is 38.1 Å². The van der Waals surface area contributed by atoms with E-state index in [0.717, 1.165) is 16.8 Å². The maximum absolute atomic E-state index is 4.18. The van der Waals surface area contributed by atoms with Gasteiger partial charge in [-0.2, -0.15) is 0 Å². The molecule has 1 heterocycles. The molecule has 1 aromatic heterocycles. The minimum atomic E-state index is 0.894. The molecule has 0 aliphatic carbocycles. The number of nitrogens with zero attached hydrogens (tertiary/aromatic N) is 1. The van der Waals surface area contributed by atoms with E-state index < -0.39 is 0 Å². The molecule has 0 unspecified atom stereocenters. The van der Waals surface area contributed by atoms with Crippen molar-refractivity contribution in [2.45, 2.75) is 41.5 Å². The van der Waals surface area contributed by atoms with Gasteiger partial charge in [0.2, 0.25) is 0 Å². The summed E-state index contributed by atoms with van der Waals surface area (Å²) in [6.07, 6.45) is 7.09. The summed E-state index contributed by atoms with van der Waals surface area (Å²) in [4.78, 5) is 4.18. The predicted molar refractivity (Wildman–Crippen MR) is 87.7 cm³/mol. The first kappa shape index (κ1) is 21.6. The van der Waals surface area contributed by atoms with E-state index in [1.807, 2.05) is 53.8 Å². The van der Waals surface area contributed by atoms with Gasteiger partial charge in [-0.25, -0.2) is 0 Å². The van der Waals surface area contributed by atoms with Gasteiger partial charge < -0.3 is 0 Å². The minimum absolute atomic E-state index is 0.894. The fraction of sp³-hybridized carbons (Fsp3) is 0.353. The number of aromatic nitrogens is 1. The van der Waals surface area contributed by atoms with E-state index in [0.29, 0.717) is 0 Å². The van der Waals surface area contributed by atoms with Crippen LogP contribution < -0.4 is 0 Å². The summed E-state index contributed by atoms with van der Waals surface area (Å²) in [5, 5.41) is 0. The highest BCUT2D eigenvalue weighted by Gasteiger charge is 1.95. The first-order valence-corrected chi connectivity index (χ1v) is 6.48. The van der Waals surface area contributed by atoms with E-state index in [1.54, 1.807) is 18.2 Å². The molecule has 0 atom stereocenters. The van der Waals surface area contributed by atoms with Gasteiger partial charge in [-0.05, 0) is 37.1 Å². The van der Waals surface area contributed by atoms with Gasteiger partial charge in [0.1, 0.15) is 0 Å². The SMILES string of the molecule is C=CC.C=Cc1cc(C)cnc1C=C.CC.CC. The average molecular weight is 247 g/mol. The van der Waals surface area contributed by atoms with Crippen molar-refractivity contribution in [3.05, 3.63) is 54.9 Å². The Morgan fingerprint density at radius 2 is 1.44 bits per heavy atom. The monoisotopic (exact) mass is 247 g/mol. The Kier molecular flexibility index (Phi) is 21.3. The van der Waals surface area contributed by atoms with Crippen molar-refractivity contribution < 1.29 is 0 Å². The second-order valence-corrected chi connectivity index (χ2v) is 2.80. The van der Waals surface area contributed by atoms with Gasteiger partial charge in [-0.1, -0.05) is 53.0 Å². The molecule has 0 fully saturated rings. The maximum Gasteiger partial charge on any atom is 0.0696 e. The van der Waals surface area contributed by atoms with Crippen LogP contribution in [0.25, 0.3) is 12.2 Å². The molecule has 0 aromatic carbocycles. The summed E-state index contributed by atoms with van der Waals surface area (Å²) in [6, 6.07) is 2.04. The zero-order valence-corrected chi connectivity index (χ0v) is 13.0. The molecule has 0 aliphatic heterocycles. The Morgan fingerprint density at radius 3 is 1.78 bits per heavy atom. The number of allylic oxidation sites excluding steroid dienone is 1. The second-order valence-electron chi connectivity index (χ2n) is 2.80. The van der Waals surface area contributed by atoms with E-state index in [2.05, 4.69) is 24.7 Å². The number of aryl methyl sites for hydroxylation is 1. The van der Waals surface area contributed by atoms with Gasteiger partial charge in [0.25, 0.3) is 0 Å². The van der Waals surface area contributed by atoms with Crippen LogP contribution in [0, 0.1) is 6.92 Å². The average Bonchev–Trinajstić information content (AvgIpc) is 2.44. The van der Waals surface area contributed by atoms with Gasteiger partial charge in [-0.3, -0.25) is 4.98 Å². The molecule has 0 saturated carbocycles. The molecule has 102 valence electrons. The first-order valence-electron chi connectivity index (χ1n) is 6.48. The number of rotatable bonds is 2. The Balaban J connectivity index is -0.000000274. The van der Waals surface area contributed by atoms with Gasteiger partial charge in [0, 0.05) is 6.20 Å². The van der Waals surface area contributed by atoms with Gasteiger partial charge >= 0.3 is 0 Å². The third kappa shape index (κ3) is 10.9. The smallest absolute Gasteiger partial charge is 0.0696 e. The fourth-order valence-electron chi connectivity index (χ4n) is 0.936. The molecular weight excluding hydrogens is 218 g/mol. The molecule has 1 heteroatoms. The van der Waals surface area contributed by atoms with Gasteiger partial charge in [0.05, 0.1) is 5.69 Å². The van der Waals surface area contributed by atoms with Gasteiger partial charge in [0.15, 0.2) is 0 Å². The van der Waals surface area contributed by atoms with Crippen LogP contribution in [0.3, 0.4) is 0 Å². The molecular formula is C17H29N. The molecule has 0 bridgehead atoms. The van der Waals surface area contributed by atoms with E-state index in [1.165, 1.54) is 0 Å². The first-order chi connectivity index (χ1) is 8.69. The molecule has 1 nitrogen and oxygen atoms in total. The maximum atomic E-state index is 4.18. The molecule has 0 radical (unpaired) electrons. The summed E-state index contributed by atoms with van der Waals surface area (Å²) >= 11 is 0. The molecule has 0 aliphatic rings. The minimum Gasteiger partial charge on any atom is -0.256 e. The molecule has 0 spiro atoms. The highest BCUT2D eigenvalue weighted by Crippen LogP contribution is 2.10. The summed E-state index contributed by atoms with van der Waals surface area (Å²) in [5.74, 6) is 0. The molecule has 0 amide bonds. The van der Waals surface area contributed by atoms with Crippen LogP contribution in [0.1, 0.15) is 51.4 Å². The number of pyridine rings is 1. The topological polar surface area (TPSA) is 12.9 Å². The molecule has 1 aromatic rings. The lowest BCUT2D eigenvalue weighted by molar-refractivity contribution is 1.23. The van der Waals surface area contributed by atoms with Crippen molar-refractivity contribution in [1.82, 2.24) is 4.98 Å². The van der Waals surface area contributed by atoms with Crippen molar-refractivity contribution in [1.29, 1.82) is 0 Å². The lowest BCUT2D eigenvalue weighted by atomic mass is 10.1. The Labute approximate surface area is 114 Å². The normalized spacial score (nSPS) is 7.00. The lowest BCUT2D eigenvalue weighted by Gasteiger charge is -1.99. The van der Waals surface area contributed by atoms with Gasteiger partial charge in [-0.15, -0.1) is 6.58 Å². The largest absolute Gasteiger partial charge is 0.256 e. The van der Waals surface area contributed by atoms with Crippen molar-refractivity contribution in [3.63, 3.8) is 0 Å². The van der Waals surface area contributed by atoms with Crippen molar-refractivity contribution in [2.75, 3.05) is 0 Å². The third-order valence-electron chi connectivity index (χ3n) is 1.50. The summed E-state index contributed by atoms with van der Waals surface area (Å²) < 4.78 is 0. The fourth-order valence-corrected chi connectivity index (χ4v) is 0.936. The van der Waals surface area contributed by atoms with Crippen LogP contribution in [0.5, 0.6) is 0 Å². The Hall–Kier alpha value is -1.63. The highest BCUT2D eigenvalue weighted by molar-refractivity contribution is 5.60. The molecule has 18 heavy (non-hydrogen) atoms. The van der Waals surface area contributed by atoms with Crippen LogP contribution in [0.2, 0.25) is 0 Å². The molecule has 0 saturated heterocycles. The molecule has 0 N–H and O–H groups in total. The number of hydrogen-bond donors (Lipinski definition) is 0. The zero-order chi connectivity index (χ0) is 15.0. The van der Waals surface area contributed by atoms with E-state index >= 15 is 0 Å². The van der Waals surface area contributed by atoms with Crippen LogP contribution in [0.4, 0.5) is 0 Å². The lowest BCUT2D eigenvalue weighted by Crippen LogP contribution is -1.86. The predicted octanol–water partition coefficient (Wildman–Crippen LogP) is 5.92. The van der Waals surface area contributed by atoms with Crippen LogP contribution in [-0.2, 0) is 0 Å². The van der Waals surface area contributed by atoms with E-state index in [-0.39, 0.29) is 0 Å². The van der Waals surface area contributed by atoms with Crippen molar-refractivity contribution >= 4 is 12.2 Å². The summed E-state index contributed by atoms with van der Waals surface area (Å²) in [7, 11) is 0. The molecule has 1 rings (SSSR count). The van der Waals surface area contributed by atoms with E-state index in [4.69, 9.17) is 0 Å². The van der Waals surface area contributed by atoms with Crippen LogP contribution >= 0.6 is 0 Å².